The van der Waals surface area contributed by atoms with Gasteiger partial charge in [-0.1, -0.05) is 48.3 Å². The van der Waals surface area contributed by atoms with Gasteiger partial charge < -0.3 is 14.8 Å². The van der Waals surface area contributed by atoms with Crippen LogP contribution >= 0.6 is 23.2 Å². The number of amides is 1. The second-order valence-electron chi connectivity index (χ2n) is 6.89. The number of halogens is 2. The number of nitrogens with one attached hydrogen (secondary N) is 2. The number of anilines is 2. The van der Waals surface area contributed by atoms with Crippen molar-refractivity contribution in [1.29, 1.82) is 0 Å². The maximum absolute atomic E-state index is 12.7. The number of sulfonamides is 1. The molecule has 1 atom stereocenters. The minimum absolute atomic E-state index is 0.00569. The highest BCUT2D eigenvalue weighted by Gasteiger charge is 2.21. The highest BCUT2D eigenvalue weighted by atomic mass is 35.5. The van der Waals surface area contributed by atoms with Crippen LogP contribution < -0.4 is 19.5 Å². The molecule has 0 aliphatic heterocycles. The molecule has 0 spiro atoms. The molecule has 0 radical (unpaired) electrons. The summed E-state index contributed by atoms with van der Waals surface area (Å²) in [6, 6.07) is 17.4. The highest BCUT2D eigenvalue weighted by molar-refractivity contribution is 7.92. The molecule has 2 N–H and O–H groups in total. The summed E-state index contributed by atoms with van der Waals surface area (Å²) in [4.78, 5) is 12.7. The van der Waals surface area contributed by atoms with E-state index in [2.05, 4.69) is 10.0 Å². The topological polar surface area (TPSA) is 93.7 Å². The van der Waals surface area contributed by atoms with Gasteiger partial charge in [-0.05, 0) is 55.0 Å². The van der Waals surface area contributed by atoms with E-state index in [9.17, 15) is 13.2 Å². The van der Waals surface area contributed by atoms with Crippen LogP contribution in [0, 0.1) is 0 Å². The fraction of sp³-hybridized carbons (Fsp3) is 0.174. The Kier molecular flexibility index (Phi) is 8.07. The van der Waals surface area contributed by atoms with Gasteiger partial charge in [0.2, 0.25) is 0 Å². The Morgan fingerprint density at radius 3 is 2.27 bits per heavy atom. The molecule has 0 aliphatic carbocycles. The quantitative estimate of drug-likeness (QED) is 0.392. The van der Waals surface area contributed by atoms with E-state index < -0.39 is 16.1 Å². The summed E-state index contributed by atoms with van der Waals surface area (Å²) in [5, 5.41) is 3.07. The lowest BCUT2D eigenvalue weighted by molar-refractivity contribution is -0.122. The normalized spacial score (nSPS) is 12.0. The lowest BCUT2D eigenvalue weighted by atomic mass is 10.2. The summed E-state index contributed by atoms with van der Waals surface area (Å²) in [5.74, 6) is 0.600. The summed E-state index contributed by atoms with van der Waals surface area (Å²) in [7, 11) is -2.39. The van der Waals surface area contributed by atoms with E-state index in [0.717, 1.165) is 0 Å². The van der Waals surface area contributed by atoms with Crippen molar-refractivity contribution in [3.8, 4) is 11.5 Å². The standard InChI is InChI=1S/C23H22Cl2N2O5S/c1-3-19(32-21-10-5-4-9-20(21)31-2)23(28)26-15-11-13-16(14-12-15)33(29,30)27-18-8-6-7-17(24)22(18)25/h4-14,19,27H,3H2,1-2H3,(H,26,28)/t19-/m0/s1. The monoisotopic (exact) mass is 508 g/mol. The third kappa shape index (κ3) is 6.10. The number of carbonyl (C=O) groups is 1. The zero-order chi connectivity index (χ0) is 24.0. The van der Waals surface area contributed by atoms with Gasteiger partial charge in [-0.15, -0.1) is 0 Å². The van der Waals surface area contributed by atoms with Gasteiger partial charge in [-0.25, -0.2) is 8.42 Å². The van der Waals surface area contributed by atoms with Crippen molar-refractivity contribution in [3.05, 3.63) is 76.8 Å². The second kappa shape index (κ2) is 10.8. The molecule has 33 heavy (non-hydrogen) atoms. The summed E-state index contributed by atoms with van der Waals surface area (Å²) < 4.78 is 38.8. The summed E-state index contributed by atoms with van der Waals surface area (Å²) in [6.45, 7) is 1.82. The minimum Gasteiger partial charge on any atom is -0.493 e. The van der Waals surface area contributed by atoms with E-state index in [4.69, 9.17) is 32.7 Å². The van der Waals surface area contributed by atoms with Gasteiger partial charge in [0.15, 0.2) is 17.6 Å². The Morgan fingerprint density at radius 1 is 0.970 bits per heavy atom. The average molecular weight is 509 g/mol. The number of hydrogen-bond acceptors (Lipinski definition) is 5. The molecular weight excluding hydrogens is 487 g/mol. The number of carbonyl (C=O) groups excluding carboxylic acids is 1. The van der Waals surface area contributed by atoms with Gasteiger partial charge in [0.25, 0.3) is 15.9 Å². The van der Waals surface area contributed by atoms with E-state index >= 15 is 0 Å². The molecule has 7 nitrogen and oxygen atoms in total. The SMILES string of the molecule is CC[C@H](Oc1ccccc1OC)C(=O)Nc1ccc(S(=O)(=O)Nc2cccc(Cl)c2Cl)cc1. The Bertz CT molecular complexity index is 1230. The van der Waals surface area contributed by atoms with Gasteiger partial charge >= 0.3 is 0 Å². The molecule has 10 heteroatoms. The fourth-order valence-corrected chi connectivity index (χ4v) is 4.39. The van der Waals surface area contributed by atoms with Crippen LogP contribution in [0.15, 0.2) is 71.6 Å². The first-order valence-corrected chi connectivity index (χ1v) is 12.2. The third-order valence-electron chi connectivity index (χ3n) is 4.63. The van der Waals surface area contributed by atoms with Crippen LogP contribution in [0.4, 0.5) is 11.4 Å². The van der Waals surface area contributed by atoms with E-state index in [1.807, 2.05) is 6.92 Å². The molecule has 0 saturated carbocycles. The first-order chi connectivity index (χ1) is 15.7. The van der Waals surface area contributed by atoms with E-state index in [1.165, 1.54) is 37.4 Å². The Morgan fingerprint density at radius 2 is 1.64 bits per heavy atom. The van der Waals surface area contributed by atoms with Crippen molar-refractivity contribution >= 4 is 50.5 Å². The van der Waals surface area contributed by atoms with Crippen molar-refractivity contribution in [2.45, 2.75) is 24.3 Å². The van der Waals surface area contributed by atoms with Crippen molar-refractivity contribution in [2.24, 2.45) is 0 Å². The van der Waals surface area contributed by atoms with Gasteiger partial charge in [0, 0.05) is 5.69 Å². The molecule has 3 aromatic carbocycles. The Hall–Kier alpha value is -2.94. The maximum atomic E-state index is 12.7. The minimum atomic E-state index is -3.91. The third-order valence-corrected chi connectivity index (χ3v) is 6.83. The zero-order valence-electron chi connectivity index (χ0n) is 17.8. The number of hydrogen-bond donors (Lipinski definition) is 2. The average Bonchev–Trinajstić information content (AvgIpc) is 2.81. The van der Waals surface area contributed by atoms with Gasteiger partial charge in [-0.3, -0.25) is 9.52 Å². The fourth-order valence-electron chi connectivity index (χ4n) is 2.92. The van der Waals surface area contributed by atoms with Crippen molar-refractivity contribution < 1.29 is 22.7 Å². The number of ether oxygens (including phenoxy) is 2. The van der Waals surface area contributed by atoms with Gasteiger partial charge in [-0.2, -0.15) is 0 Å². The van der Waals surface area contributed by atoms with E-state index in [1.54, 1.807) is 36.4 Å². The van der Waals surface area contributed by atoms with E-state index in [0.29, 0.717) is 23.6 Å². The largest absolute Gasteiger partial charge is 0.493 e. The molecular formula is C23H22Cl2N2O5S. The van der Waals surface area contributed by atoms with Crippen LogP contribution in [0.25, 0.3) is 0 Å². The number of rotatable bonds is 9. The van der Waals surface area contributed by atoms with Gasteiger partial charge in [0.1, 0.15) is 0 Å². The molecule has 0 saturated heterocycles. The number of methoxy groups -OCH3 is 1. The second-order valence-corrected chi connectivity index (χ2v) is 9.35. The van der Waals surface area contributed by atoms with Crippen LogP contribution in [0.5, 0.6) is 11.5 Å². The van der Waals surface area contributed by atoms with E-state index in [-0.39, 0.29) is 26.5 Å². The molecule has 3 rings (SSSR count). The number of benzene rings is 3. The molecule has 3 aromatic rings. The van der Waals surface area contributed by atoms with Crippen LogP contribution in [0.3, 0.4) is 0 Å². The molecule has 0 aliphatic rings. The summed E-state index contributed by atoms with van der Waals surface area (Å²) in [6.07, 6.45) is -0.350. The Labute approximate surface area is 202 Å². The summed E-state index contributed by atoms with van der Waals surface area (Å²) in [5.41, 5.74) is 0.586. The van der Waals surface area contributed by atoms with Crippen molar-refractivity contribution in [1.82, 2.24) is 0 Å². The molecule has 0 bridgehead atoms. The number of para-hydroxylation sites is 2. The van der Waals surface area contributed by atoms with Crippen LogP contribution in [0.1, 0.15) is 13.3 Å². The summed E-state index contributed by atoms with van der Waals surface area (Å²) >= 11 is 12.0. The lowest BCUT2D eigenvalue weighted by Gasteiger charge is -2.19. The van der Waals surface area contributed by atoms with Crippen LogP contribution in [-0.2, 0) is 14.8 Å². The van der Waals surface area contributed by atoms with Crippen molar-refractivity contribution in [2.75, 3.05) is 17.1 Å². The zero-order valence-corrected chi connectivity index (χ0v) is 20.2. The molecule has 0 fully saturated rings. The lowest BCUT2D eigenvalue weighted by Crippen LogP contribution is -2.32. The smallest absolute Gasteiger partial charge is 0.265 e. The predicted octanol–water partition coefficient (Wildman–Crippen LogP) is 5.60. The molecule has 0 unspecified atom stereocenters. The van der Waals surface area contributed by atoms with Gasteiger partial charge in [0.05, 0.1) is 27.7 Å². The molecule has 174 valence electrons. The van der Waals surface area contributed by atoms with Crippen LogP contribution in [-0.4, -0.2) is 27.5 Å². The molecule has 0 aromatic heterocycles. The predicted molar refractivity (Wildman–Crippen MR) is 130 cm³/mol. The molecule has 0 heterocycles. The first-order valence-electron chi connectivity index (χ1n) is 9.92. The maximum Gasteiger partial charge on any atom is 0.265 e. The van der Waals surface area contributed by atoms with Crippen molar-refractivity contribution in [3.63, 3.8) is 0 Å². The Balaban J connectivity index is 1.70. The highest BCUT2D eigenvalue weighted by Crippen LogP contribution is 2.31. The first kappa shape index (κ1) is 24.7. The van der Waals surface area contributed by atoms with Crippen LogP contribution in [0.2, 0.25) is 10.0 Å². The molecule has 1 amide bonds.